The van der Waals surface area contributed by atoms with Crippen LogP contribution in [-0.4, -0.2) is 40.3 Å². The van der Waals surface area contributed by atoms with E-state index in [2.05, 4.69) is 43.0 Å². The van der Waals surface area contributed by atoms with Crippen molar-refractivity contribution in [1.29, 1.82) is 0 Å². The predicted molar refractivity (Wildman–Crippen MR) is 143 cm³/mol. The summed E-state index contributed by atoms with van der Waals surface area (Å²) >= 11 is 7.33. The standard InChI is InChI=1S/C26H31F4N3OS2/c1-17(2)10-7-8-15-31-25-33(18(3)22(36-25)19-11-5-4-6-12-19)24(35)32-20-13-9-14-21(16-20)34-26(29,30)23(27)28/h4-6,9,11-14,16-18,22-23H,7-8,10,15H2,1-3H3,(H,32,35). The largest absolute Gasteiger partial charge is 0.461 e. The molecule has 1 fully saturated rings. The molecule has 1 aliphatic heterocycles. The second-order valence-electron chi connectivity index (χ2n) is 9.04. The van der Waals surface area contributed by atoms with Gasteiger partial charge in [0.1, 0.15) is 5.75 Å². The number of thiocarbonyl (C=S) groups is 1. The number of nitrogens with one attached hydrogen (secondary N) is 1. The van der Waals surface area contributed by atoms with Crippen LogP contribution in [-0.2, 0) is 0 Å². The van der Waals surface area contributed by atoms with Crippen LogP contribution in [0.1, 0.15) is 50.8 Å². The summed E-state index contributed by atoms with van der Waals surface area (Å²) in [5, 5.41) is 4.26. The average molecular weight is 542 g/mol. The number of benzene rings is 2. The second-order valence-corrected chi connectivity index (χ2v) is 10.5. The first-order valence-electron chi connectivity index (χ1n) is 11.9. The Labute approximate surface area is 219 Å². The Kier molecular flexibility index (Phi) is 10.0. The van der Waals surface area contributed by atoms with Crippen molar-refractivity contribution in [2.24, 2.45) is 10.9 Å². The van der Waals surface area contributed by atoms with Gasteiger partial charge in [-0.2, -0.15) is 17.6 Å². The van der Waals surface area contributed by atoms with Gasteiger partial charge in [0.05, 0.1) is 11.3 Å². The molecule has 2 aromatic rings. The number of thioether (sulfide) groups is 1. The smallest absolute Gasteiger partial charge is 0.428 e. The van der Waals surface area contributed by atoms with E-state index in [0.29, 0.717) is 23.3 Å². The Morgan fingerprint density at radius 2 is 1.86 bits per heavy atom. The van der Waals surface area contributed by atoms with Crippen LogP contribution in [0.15, 0.2) is 59.6 Å². The van der Waals surface area contributed by atoms with Crippen molar-refractivity contribution in [1.82, 2.24) is 4.90 Å². The van der Waals surface area contributed by atoms with E-state index in [1.807, 2.05) is 23.1 Å². The number of anilines is 1. The molecule has 3 rings (SSSR count). The number of halogens is 4. The lowest BCUT2D eigenvalue weighted by atomic mass is 10.1. The molecule has 2 aromatic carbocycles. The van der Waals surface area contributed by atoms with E-state index in [4.69, 9.17) is 17.2 Å². The van der Waals surface area contributed by atoms with Crippen LogP contribution < -0.4 is 10.1 Å². The SMILES string of the molecule is CC(C)CCCCN=C1SC(c2ccccc2)C(C)N1C(=S)Nc1cccc(OC(F)(F)C(F)F)c1. The fourth-order valence-electron chi connectivity index (χ4n) is 3.81. The fraction of sp³-hybridized carbons (Fsp3) is 0.462. The number of nitrogens with zero attached hydrogens (tertiary/aromatic N) is 2. The monoisotopic (exact) mass is 541 g/mol. The van der Waals surface area contributed by atoms with Gasteiger partial charge in [-0.1, -0.05) is 74.8 Å². The highest BCUT2D eigenvalue weighted by Gasteiger charge is 2.44. The van der Waals surface area contributed by atoms with Crippen LogP contribution in [0.4, 0.5) is 23.2 Å². The lowest BCUT2D eigenvalue weighted by molar-refractivity contribution is -0.253. The quantitative estimate of drug-likeness (QED) is 0.187. The highest BCUT2D eigenvalue weighted by Crippen LogP contribution is 2.43. The number of alkyl halides is 4. The first-order valence-corrected chi connectivity index (χ1v) is 13.2. The number of ether oxygens (including phenoxy) is 1. The molecule has 2 atom stereocenters. The summed E-state index contributed by atoms with van der Waals surface area (Å²) < 4.78 is 56.0. The number of aliphatic imine (C=N–C) groups is 1. The number of hydrogen-bond donors (Lipinski definition) is 1. The molecule has 0 aromatic heterocycles. The van der Waals surface area contributed by atoms with Crippen LogP contribution in [0.5, 0.6) is 5.75 Å². The maximum Gasteiger partial charge on any atom is 0.461 e. The van der Waals surface area contributed by atoms with Crippen molar-refractivity contribution in [3.8, 4) is 5.75 Å². The average Bonchev–Trinajstić information content (AvgIpc) is 3.15. The van der Waals surface area contributed by atoms with Gasteiger partial charge in [0.25, 0.3) is 0 Å². The minimum Gasteiger partial charge on any atom is -0.428 e. The third-order valence-electron chi connectivity index (χ3n) is 5.66. The molecule has 36 heavy (non-hydrogen) atoms. The number of hydrogen-bond acceptors (Lipinski definition) is 4. The zero-order chi connectivity index (χ0) is 26.3. The normalized spacial score (nSPS) is 19.4. The van der Waals surface area contributed by atoms with E-state index in [9.17, 15) is 17.6 Å². The van der Waals surface area contributed by atoms with E-state index in [1.165, 1.54) is 18.2 Å². The maximum absolute atomic E-state index is 13.4. The minimum absolute atomic E-state index is 0.0330. The number of rotatable bonds is 10. The van der Waals surface area contributed by atoms with Crippen molar-refractivity contribution >= 4 is 39.9 Å². The van der Waals surface area contributed by atoms with E-state index in [1.54, 1.807) is 17.8 Å². The molecule has 4 nitrogen and oxygen atoms in total. The first kappa shape index (κ1) is 28.2. The lowest BCUT2D eigenvalue weighted by Gasteiger charge is -2.26. The zero-order valence-electron chi connectivity index (χ0n) is 20.5. The summed E-state index contributed by atoms with van der Waals surface area (Å²) in [4.78, 5) is 6.78. The summed E-state index contributed by atoms with van der Waals surface area (Å²) in [6.07, 6.45) is -5.31. The number of amidine groups is 1. The topological polar surface area (TPSA) is 36.9 Å². The number of unbranched alkanes of at least 4 members (excludes halogenated alkanes) is 1. The highest BCUT2D eigenvalue weighted by atomic mass is 32.2. The van der Waals surface area contributed by atoms with E-state index in [0.717, 1.165) is 30.0 Å². The fourth-order valence-corrected chi connectivity index (χ4v) is 5.62. The predicted octanol–water partition coefficient (Wildman–Crippen LogP) is 7.98. The molecule has 0 aliphatic carbocycles. The second kappa shape index (κ2) is 12.8. The van der Waals surface area contributed by atoms with Gasteiger partial charge < -0.3 is 10.1 Å². The molecule has 0 radical (unpaired) electrons. The van der Waals surface area contributed by atoms with Gasteiger partial charge in [0.2, 0.25) is 0 Å². The summed E-state index contributed by atoms with van der Waals surface area (Å²) in [6, 6.07) is 15.5. The molecule has 0 bridgehead atoms. The van der Waals surface area contributed by atoms with Gasteiger partial charge in [-0.05, 0) is 49.2 Å². The van der Waals surface area contributed by atoms with Crippen LogP contribution in [0.3, 0.4) is 0 Å². The van der Waals surface area contributed by atoms with Crippen LogP contribution in [0.25, 0.3) is 0 Å². The molecule has 1 N–H and O–H groups in total. The summed E-state index contributed by atoms with van der Waals surface area (Å²) in [5.41, 5.74) is 1.50. The molecule has 0 spiro atoms. The molecule has 1 heterocycles. The summed E-state index contributed by atoms with van der Waals surface area (Å²) in [7, 11) is 0. The van der Waals surface area contributed by atoms with Gasteiger partial charge in [0, 0.05) is 18.3 Å². The van der Waals surface area contributed by atoms with Crippen LogP contribution in [0, 0.1) is 5.92 Å². The Bertz CT molecular complexity index is 1040. The molecular formula is C26H31F4N3OS2. The van der Waals surface area contributed by atoms with Gasteiger partial charge in [-0.15, -0.1) is 0 Å². The lowest BCUT2D eigenvalue weighted by Crippen LogP contribution is -2.41. The van der Waals surface area contributed by atoms with E-state index >= 15 is 0 Å². The van der Waals surface area contributed by atoms with E-state index < -0.39 is 18.3 Å². The Balaban J connectivity index is 1.77. The highest BCUT2D eigenvalue weighted by molar-refractivity contribution is 8.14. The van der Waals surface area contributed by atoms with Crippen molar-refractivity contribution in [3.63, 3.8) is 0 Å². The molecule has 1 saturated heterocycles. The Hall–Kier alpha value is -2.33. The van der Waals surface area contributed by atoms with Crippen LogP contribution >= 0.6 is 24.0 Å². The molecule has 196 valence electrons. The van der Waals surface area contributed by atoms with Crippen molar-refractivity contribution < 1.29 is 22.3 Å². The van der Waals surface area contributed by atoms with Crippen molar-refractivity contribution in [3.05, 3.63) is 60.2 Å². The molecular weight excluding hydrogens is 510 g/mol. The summed E-state index contributed by atoms with van der Waals surface area (Å²) in [6.45, 7) is 7.13. The zero-order valence-corrected chi connectivity index (χ0v) is 22.1. The van der Waals surface area contributed by atoms with E-state index in [-0.39, 0.29) is 11.3 Å². The summed E-state index contributed by atoms with van der Waals surface area (Å²) in [5.74, 6) is 0.257. The van der Waals surface area contributed by atoms with Crippen LogP contribution in [0.2, 0.25) is 0 Å². The van der Waals surface area contributed by atoms with Crippen molar-refractivity contribution in [2.45, 2.75) is 63.9 Å². The minimum atomic E-state index is -4.59. The van der Waals surface area contributed by atoms with Crippen molar-refractivity contribution in [2.75, 3.05) is 11.9 Å². The Morgan fingerprint density at radius 3 is 2.53 bits per heavy atom. The molecule has 2 unspecified atom stereocenters. The maximum atomic E-state index is 13.4. The molecule has 10 heteroatoms. The van der Waals surface area contributed by atoms with Gasteiger partial charge in [-0.25, -0.2) is 0 Å². The third-order valence-corrected chi connectivity index (χ3v) is 7.42. The molecule has 0 amide bonds. The van der Waals surface area contributed by atoms with Gasteiger partial charge in [0.15, 0.2) is 10.3 Å². The van der Waals surface area contributed by atoms with Gasteiger partial charge in [-0.3, -0.25) is 9.89 Å². The molecule has 0 saturated carbocycles. The molecule has 1 aliphatic rings. The Morgan fingerprint density at radius 1 is 1.14 bits per heavy atom. The van der Waals surface area contributed by atoms with Gasteiger partial charge >= 0.3 is 12.5 Å². The first-order chi connectivity index (χ1) is 17.1. The third kappa shape index (κ3) is 7.59.